The number of methoxy groups -OCH3 is 1. The summed E-state index contributed by atoms with van der Waals surface area (Å²) in [7, 11) is 3.49. The molecule has 0 bridgehead atoms. The van der Waals surface area contributed by atoms with E-state index in [1.54, 1.807) is 34.7 Å². The molecule has 1 aromatic carbocycles. The van der Waals surface area contributed by atoms with Crippen molar-refractivity contribution in [2.24, 2.45) is 7.05 Å². The van der Waals surface area contributed by atoms with Gasteiger partial charge in [0.1, 0.15) is 11.8 Å². The molecular formula is C16H20N4O2S. The van der Waals surface area contributed by atoms with Crippen LogP contribution in [0.15, 0.2) is 35.5 Å². The Morgan fingerprint density at radius 3 is 2.91 bits per heavy atom. The highest BCUT2D eigenvalue weighted by atomic mass is 32.2. The number of benzene rings is 1. The maximum absolute atomic E-state index is 12.6. The van der Waals surface area contributed by atoms with Gasteiger partial charge < -0.3 is 15.0 Å². The van der Waals surface area contributed by atoms with Gasteiger partial charge in [0.15, 0.2) is 0 Å². The summed E-state index contributed by atoms with van der Waals surface area (Å²) < 4.78 is 7.14. The van der Waals surface area contributed by atoms with Crippen LogP contribution in [0, 0.1) is 0 Å². The molecule has 122 valence electrons. The van der Waals surface area contributed by atoms with Crippen molar-refractivity contribution in [3.8, 4) is 5.75 Å². The fraction of sp³-hybridized carbons (Fsp3) is 0.375. The molecule has 1 atom stereocenters. The van der Waals surface area contributed by atoms with E-state index in [1.165, 1.54) is 0 Å². The summed E-state index contributed by atoms with van der Waals surface area (Å²) in [5.74, 6) is 0.818. The molecule has 2 heterocycles. The first-order valence-electron chi connectivity index (χ1n) is 7.41. The normalized spacial score (nSPS) is 17.6. The van der Waals surface area contributed by atoms with Crippen molar-refractivity contribution in [2.75, 3.05) is 30.1 Å². The SMILES string of the molecule is COc1cc(SC)ccc1NC1CCN(c2cnn(C)c2)C1=O. The molecule has 0 aliphatic carbocycles. The van der Waals surface area contributed by atoms with Crippen LogP contribution >= 0.6 is 11.8 Å². The third-order valence-corrected chi connectivity index (χ3v) is 4.67. The van der Waals surface area contributed by atoms with E-state index in [-0.39, 0.29) is 11.9 Å². The third-order valence-electron chi connectivity index (χ3n) is 3.95. The zero-order chi connectivity index (χ0) is 16.4. The number of hydrogen-bond donors (Lipinski definition) is 1. The number of anilines is 2. The highest BCUT2D eigenvalue weighted by Gasteiger charge is 2.33. The number of nitrogens with one attached hydrogen (secondary N) is 1. The van der Waals surface area contributed by atoms with E-state index in [0.717, 1.165) is 28.4 Å². The van der Waals surface area contributed by atoms with E-state index in [9.17, 15) is 4.79 Å². The summed E-state index contributed by atoms with van der Waals surface area (Å²) >= 11 is 1.66. The number of aryl methyl sites for hydroxylation is 1. The van der Waals surface area contributed by atoms with Crippen molar-refractivity contribution in [1.29, 1.82) is 0 Å². The van der Waals surface area contributed by atoms with Gasteiger partial charge in [0.05, 0.1) is 24.7 Å². The second-order valence-corrected chi connectivity index (χ2v) is 6.29. The molecule has 6 nitrogen and oxygen atoms in total. The summed E-state index contributed by atoms with van der Waals surface area (Å²) in [6.07, 6.45) is 6.34. The van der Waals surface area contributed by atoms with Gasteiger partial charge in [-0.1, -0.05) is 0 Å². The number of hydrogen-bond acceptors (Lipinski definition) is 5. The molecule has 0 radical (unpaired) electrons. The Bertz CT molecular complexity index is 716. The number of nitrogens with zero attached hydrogens (tertiary/aromatic N) is 3. The zero-order valence-corrected chi connectivity index (χ0v) is 14.3. The summed E-state index contributed by atoms with van der Waals surface area (Å²) in [4.78, 5) is 15.5. The molecule has 1 N–H and O–H groups in total. The highest BCUT2D eigenvalue weighted by Crippen LogP contribution is 2.31. The summed E-state index contributed by atoms with van der Waals surface area (Å²) in [6, 6.07) is 5.72. The standard InChI is InChI=1S/C16H20N4O2S/c1-19-10-11(9-17-19)20-7-6-14(16(20)21)18-13-5-4-12(23-3)8-15(13)22-2/h4-5,8-10,14,18H,6-7H2,1-3H3. The van der Waals surface area contributed by atoms with Crippen LogP contribution in [-0.4, -0.2) is 41.6 Å². The smallest absolute Gasteiger partial charge is 0.249 e. The van der Waals surface area contributed by atoms with Crippen LogP contribution in [0.4, 0.5) is 11.4 Å². The quantitative estimate of drug-likeness (QED) is 0.852. The van der Waals surface area contributed by atoms with Crippen LogP contribution in [0.2, 0.25) is 0 Å². The lowest BCUT2D eigenvalue weighted by atomic mass is 10.2. The van der Waals surface area contributed by atoms with Crippen molar-refractivity contribution >= 4 is 29.0 Å². The molecule has 1 aliphatic heterocycles. The van der Waals surface area contributed by atoms with Gasteiger partial charge in [-0.15, -0.1) is 11.8 Å². The summed E-state index contributed by atoms with van der Waals surface area (Å²) in [6.45, 7) is 0.688. The van der Waals surface area contributed by atoms with Crippen molar-refractivity contribution in [1.82, 2.24) is 9.78 Å². The van der Waals surface area contributed by atoms with Gasteiger partial charge in [0.2, 0.25) is 5.91 Å². The van der Waals surface area contributed by atoms with E-state index in [2.05, 4.69) is 10.4 Å². The van der Waals surface area contributed by atoms with E-state index in [4.69, 9.17) is 4.74 Å². The van der Waals surface area contributed by atoms with Crippen molar-refractivity contribution in [3.05, 3.63) is 30.6 Å². The molecule has 1 saturated heterocycles. The second-order valence-electron chi connectivity index (χ2n) is 5.41. The molecule has 7 heteroatoms. The molecule has 1 unspecified atom stereocenters. The van der Waals surface area contributed by atoms with Crippen LogP contribution in [-0.2, 0) is 11.8 Å². The lowest BCUT2D eigenvalue weighted by Gasteiger charge is -2.17. The number of rotatable bonds is 5. The molecule has 1 aromatic heterocycles. The van der Waals surface area contributed by atoms with E-state index >= 15 is 0 Å². The van der Waals surface area contributed by atoms with E-state index in [0.29, 0.717) is 6.54 Å². The van der Waals surface area contributed by atoms with Gasteiger partial charge >= 0.3 is 0 Å². The average molecular weight is 332 g/mol. The maximum atomic E-state index is 12.6. The number of carbonyl (C=O) groups excluding carboxylic acids is 1. The van der Waals surface area contributed by atoms with Gasteiger partial charge in [-0.25, -0.2) is 0 Å². The molecule has 0 spiro atoms. The molecule has 1 fully saturated rings. The maximum Gasteiger partial charge on any atom is 0.249 e. The van der Waals surface area contributed by atoms with E-state index < -0.39 is 0 Å². The number of thioether (sulfide) groups is 1. The predicted molar refractivity (Wildman–Crippen MR) is 92.4 cm³/mol. The third kappa shape index (κ3) is 3.14. The Balaban J connectivity index is 1.75. The molecule has 0 saturated carbocycles. The monoisotopic (exact) mass is 332 g/mol. The van der Waals surface area contributed by atoms with E-state index in [1.807, 2.05) is 37.7 Å². The predicted octanol–water partition coefficient (Wildman–Crippen LogP) is 2.37. The fourth-order valence-corrected chi connectivity index (χ4v) is 3.15. The topological polar surface area (TPSA) is 59.4 Å². The largest absolute Gasteiger partial charge is 0.495 e. The second kappa shape index (κ2) is 6.54. The Hall–Kier alpha value is -2.15. The lowest BCUT2D eigenvalue weighted by molar-refractivity contribution is -0.117. The molecule has 1 aliphatic rings. The first-order chi connectivity index (χ1) is 11.1. The first-order valence-corrected chi connectivity index (χ1v) is 8.63. The molecular weight excluding hydrogens is 312 g/mol. The first kappa shape index (κ1) is 15.7. The minimum atomic E-state index is -0.246. The number of aromatic nitrogens is 2. The van der Waals surface area contributed by atoms with Crippen molar-refractivity contribution < 1.29 is 9.53 Å². The molecule has 3 rings (SSSR count). The van der Waals surface area contributed by atoms with Gasteiger partial charge in [-0.05, 0) is 30.9 Å². The fourth-order valence-electron chi connectivity index (χ4n) is 2.72. The number of amides is 1. The Morgan fingerprint density at radius 2 is 2.26 bits per heavy atom. The lowest BCUT2D eigenvalue weighted by Crippen LogP contribution is -2.33. The van der Waals surface area contributed by atoms with Crippen molar-refractivity contribution in [2.45, 2.75) is 17.4 Å². The molecule has 2 aromatic rings. The van der Waals surface area contributed by atoms with Gasteiger partial charge in [0.25, 0.3) is 0 Å². The number of carbonyl (C=O) groups is 1. The molecule has 1 amide bonds. The Kier molecular flexibility index (Phi) is 4.47. The highest BCUT2D eigenvalue weighted by molar-refractivity contribution is 7.98. The zero-order valence-electron chi connectivity index (χ0n) is 13.4. The average Bonchev–Trinajstić information content (AvgIpc) is 3.14. The minimum absolute atomic E-state index is 0.0639. The van der Waals surface area contributed by atoms with Crippen molar-refractivity contribution in [3.63, 3.8) is 0 Å². The Morgan fingerprint density at radius 1 is 1.43 bits per heavy atom. The van der Waals surface area contributed by atoms with Gasteiger partial charge in [-0.2, -0.15) is 5.10 Å². The summed E-state index contributed by atoms with van der Waals surface area (Å²) in [5.41, 5.74) is 1.68. The van der Waals surface area contributed by atoms with Crippen LogP contribution in [0.3, 0.4) is 0 Å². The Labute approximate surface area is 139 Å². The van der Waals surface area contributed by atoms with Crippen LogP contribution in [0.1, 0.15) is 6.42 Å². The van der Waals surface area contributed by atoms with Crippen LogP contribution < -0.4 is 15.0 Å². The van der Waals surface area contributed by atoms with Crippen LogP contribution in [0.5, 0.6) is 5.75 Å². The number of ether oxygens (including phenoxy) is 1. The van der Waals surface area contributed by atoms with Gasteiger partial charge in [0, 0.05) is 24.7 Å². The molecule has 23 heavy (non-hydrogen) atoms. The minimum Gasteiger partial charge on any atom is -0.495 e. The van der Waals surface area contributed by atoms with Crippen LogP contribution in [0.25, 0.3) is 0 Å². The summed E-state index contributed by atoms with van der Waals surface area (Å²) in [5, 5.41) is 7.45. The van der Waals surface area contributed by atoms with Gasteiger partial charge in [-0.3, -0.25) is 9.48 Å².